The number of hydrogen-bond acceptors (Lipinski definition) is 3. The number of halogens is 1. The molecule has 0 bridgehead atoms. The molecule has 3 nitrogen and oxygen atoms in total. The molecule has 0 amide bonds. The Morgan fingerprint density at radius 1 is 1.43 bits per heavy atom. The highest BCUT2D eigenvalue weighted by atomic mass is 35.5. The van der Waals surface area contributed by atoms with Gasteiger partial charge in [-0.2, -0.15) is 0 Å². The summed E-state index contributed by atoms with van der Waals surface area (Å²) in [6, 6.07) is 0. The molecule has 0 saturated heterocycles. The standard InChI is InChI=1S/C10H22ClNO2/c1-4-14-7-5-6-12(2)8-10(11)9-13-3/h10H,4-9H2,1-3H3. The molecule has 0 saturated carbocycles. The average molecular weight is 224 g/mol. The molecule has 4 heteroatoms. The number of hydrogen-bond donors (Lipinski definition) is 0. The molecule has 0 heterocycles. The van der Waals surface area contributed by atoms with Crippen molar-refractivity contribution < 1.29 is 9.47 Å². The number of nitrogens with zero attached hydrogens (tertiary/aromatic N) is 1. The third-order valence-electron chi connectivity index (χ3n) is 1.89. The van der Waals surface area contributed by atoms with Crippen molar-refractivity contribution in [3.8, 4) is 0 Å². The van der Waals surface area contributed by atoms with Crippen LogP contribution >= 0.6 is 11.6 Å². The van der Waals surface area contributed by atoms with Gasteiger partial charge in [-0.25, -0.2) is 0 Å². The molecule has 14 heavy (non-hydrogen) atoms. The van der Waals surface area contributed by atoms with Crippen molar-refractivity contribution in [3.63, 3.8) is 0 Å². The summed E-state index contributed by atoms with van der Waals surface area (Å²) in [7, 11) is 3.74. The Kier molecular flexibility index (Phi) is 9.83. The van der Waals surface area contributed by atoms with Gasteiger partial charge in [0.15, 0.2) is 0 Å². The topological polar surface area (TPSA) is 21.7 Å². The Labute approximate surface area is 92.3 Å². The maximum absolute atomic E-state index is 6.02. The fraction of sp³-hybridized carbons (Fsp3) is 1.00. The van der Waals surface area contributed by atoms with Gasteiger partial charge in [0.1, 0.15) is 0 Å². The second-order valence-corrected chi connectivity index (χ2v) is 3.98. The molecule has 0 aromatic rings. The third-order valence-corrected chi connectivity index (χ3v) is 2.15. The highest BCUT2D eigenvalue weighted by Crippen LogP contribution is 1.99. The predicted octanol–water partition coefficient (Wildman–Crippen LogP) is 1.60. The van der Waals surface area contributed by atoms with Crippen LogP contribution in [0.25, 0.3) is 0 Å². The molecule has 0 aliphatic carbocycles. The van der Waals surface area contributed by atoms with Gasteiger partial charge >= 0.3 is 0 Å². The Balaban J connectivity index is 3.30. The van der Waals surface area contributed by atoms with Gasteiger partial charge in [-0.3, -0.25) is 0 Å². The minimum atomic E-state index is 0.0806. The molecule has 0 spiro atoms. The number of alkyl halides is 1. The van der Waals surface area contributed by atoms with E-state index in [1.54, 1.807) is 7.11 Å². The van der Waals surface area contributed by atoms with Crippen LogP contribution in [0.3, 0.4) is 0 Å². The summed E-state index contributed by atoms with van der Waals surface area (Å²) in [6.45, 7) is 6.13. The summed E-state index contributed by atoms with van der Waals surface area (Å²) >= 11 is 6.02. The molecule has 0 radical (unpaired) electrons. The van der Waals surface area contributed by atoms with Crippen LogP contribution in [-0.2, 0) is 9.47 Å². The summed E-state index contributed by atoms with van der Waals surface area (Å²) in [5, 5.41) is 0.0806. The summed E-state index contributed by atoms with van der Waals surface area (Å²) in [5.74, 6) is 0. The van der Waals surface area contributed by atoms with E-state index >= 15 is 0 Å². The zero-order chi connectivity index (χ0) is 10.8. The molecule has 0 N–H and O–H groups in total. The van der Waals surface area contributed by atoms with Crippen LogP contribution in [0.15, 0.2) is 0 Å². The van der Waals surface area contributed by atoms with Gasteiger partial charge < -0.3 is 14.4 Å². The molecule has 86 valence electrons. The predicted molar refractivity (Wildman–Crippen MR) is 60.1 cm³/mol. The molecule has 0 aromatic heterocycles. The average Bonchev–Trinajstić information content (AvgIpc) is 2.13. The molecular formula is C10H22ClNO2. The number of ether oxygens (including phenoxy) is 2. The van der Waals surface area contributed by atoms with E-state index in [9.17, 15) is 0 Å². The van der Waals surface area contributed by atoms with Crippen molar-refractivity contribution in [3.05, 3.63) is 0 Å². The maximum atomic E-state index is 6.02. The summed E-state index contributed by atoms with van der Waals surface area (Å²) in [4.78, 5) is 2.20. The lowest BCUT2D eigenvalue weighted by molar-refractivity contribution is 0.133. The fourth-order valence-corrected chi connectivity index (χ4v) is 1.61. The maximum Gasteiger partial charge on any atom is 0.0696 e. The van der Waals surface area contributed by atoms with Gasteiger partial charge in [0.05, 0.1) is 12.0 Å². The first-order chi connectivity index (χ1) is 6.70. The second kappa shape index (κ2) is 9.71. The zero-order valence-corrected chi connectivity index (χ0v) is 10.2. The van der Waals surface area contributed by atoms with Crippen LogP contribution in [0.2, 0.25) is 0 Å². The molecule has 0 aliphatic rings. The van der Waals surface area contributed by atoms with Crippen LogP contribution in [0.1, 0.15) is 13.3 Å². The monoisotopic (exact) mass is 223 g/mol. The van der Waals surface area contributed by atoms with E-state index in [1.165, 1.54) is 0 Å². The van der Waals surface area contributed by atoms with E-state index in [0.29, 0.717) is 6.61 Å². The van der Waals surface area contributed by atoms with Gasteiger partial charge in [-0.15, -0.1) is 11.6 Å². The molecule has 0 fully saturated rings. The minimum Gasteiger partial charge on any atom is -0.383 e. The van der Waals surface area contributed by atoms with Crippen LogP contribution in [0.5, 0.6) is 0 Å². The fourth-order valence-electron chi connectivity index (χ4n) is 1.24. The van der Waals surface area contributed by atoms with Crippen molar-refractivity contribution in [2.24, 2.45) is 0 Å². The van der Waals surface area contributed by atoms with E-state index in [-0.39, 0.29) is 5.38 Å². The molecule has 1 atom stereocenters. The van der Waals surface area contributed by atoms with Gasteiger partial charge in [-0.05, 0) is 20.4 Å². The van der Waals surface area contributed by atoms with Crippen molar-refractivity contribution in [1.82, 2.24) is 4.90 Å². The van der Waals surface area contributed by atoms with Crippen molar-refractivity contribution in [1.29, 1.82) is 0 Å². The lowest BCUT2D eigenvalue weighted by atomic mass is 10.3. The molecule has 0 aliphatic heterocycles. The van der Waals surface area contributed by atoms with E-state index in [2.05, 4.69) is 11.9 Å². The zero-order valence-electron chi connectivity index (χ0n) is 9.46. The lowest BCUT2D eigenvalue weighted by Gasteiger charge is -2.19. The first-order valence-electron chi connectivity index (χ1n) is 5.10. The Bertz CT molecular complexity index is 125. The molecule has 0 aromatic carbocycles. The first-order valence-corrected chi connectivity index (χ1v) is 5.53. The SMILES string of the molecule is CCOCCCN(C)CC(Cl)COC. The number of rotatable bonds is 9. The van der Waals surface area contributed by atoms with Gasteiger partial charge in [-0.1, -0.05) is 0 Å². The highest BCUT2D eigenvalue weighted by molar-refractivity contribution is 6.20. The van der Waals surface area contributed by atoms with Crippen LogP contribution in [-0.4, -0.2) is 57.3 Å². The Morgan fingerprint density at radius 2 is 2.14 bits per heavy atom. The van der Waals surface area contributed by atoms with Gasteiger partial charge in [0.2, 0.25) is 0 Å². The molecule has 1 unspecified atom stereocenters. The quantitative estimate of drug-likeness (QED) is 0.438. The van der Waals surface area contributed by atoms with Crippen molar-refractivity contribution >= 4 is 11.6 Å². The van der Waals surface area contributed by atoms with E-state index < -0.39 is 0 Å². The van der Waals surface area contributed by atoms with E-state index in [1.807, 2.05) is 6.92 Å². The smallest absolute Gasteiger partial charge is 0.0696 e. The van der Waals surface area contributed by atoms with E-state index in [0.717, 1.165) is 32.7 Å². The summed E-state index contributed by atoms with van der Waals surface area (Å²) in [6.07, 6.45) is 1.06. The minimum absolute atomic E-state index is 0.0806. The highest BCUT2D eigenvalue weighted by Gasteiger charge is 2.07. The Morgan fingerprint density at radius 3 is 2.71 bits per heavy atom. The molecule has 0 rings (SSSR count). The summed E-state index contributed by atoms with van der Waals surface area (Å²) in [5.41, 5.74) is 0. The Hall–Kier alpha value is 0.170. The largest absolute Gasteiger partial charge is 0.383 e. The van der Waals surface area contributed by atoms with Gasteiger partial charge in [0, 0.05) is 33.4 Å². The van der Waals surface area contributed by atoms with Crippen LogP contribution in [0.4, 0.5) is 0 Å². The number of methoxy groups -OCH3 is 1. The second-order valence-electron chi connectivity index (χ2n) is 3.37. The van der Waals surface area contributed by atoms with Crippen LogP contribution in [0, 0.1) is 0 Å². The summed E-state index contributed by atoms with van der Waals surface area (Å²) < 4.78 is 10.2. The van der Waals surface area contributed by atoms with E-state index in [4.69, 9.17) is 21.1 Å². The first kappa shape index (κ1) is 14.2. The van der Waals surface area contributed by atoms with Gasteiger partial charge in [0.25, 0.3) is 0 Å². The van der Waals surface area contributed by atoms with Crippen molar-refractivity contribution in [2.75, 3.05) is 47.1 Å². The van der Waals surface area contributed by atoms with Crippen molar-refractivity contribution in [2.45, 2.75) is 18.7 Å². The lowest BCUT2D eigenvalue weighted by Crippen LogP contribution is -2.30. The van der Waals surface area contributed by atoms with Crippen LogP contribution < -0.4 is 0 Å². The molecular weight excluding hydrogens is 202 g/mol. The third kappa shape index (κ3) is 8.75. The normalized spacial score (nSPS) is 13.5.